The minimum atomic E-state index is -0.826. The Kier molecular flexibility index (Phi) is 1.76. The predicted octanol–water partition coefficient (Wildman–Crippen LogP) is -0.938. The molecule has 1 aromatic rings. The molecule has 1 heterocycles. The van der Waals surface area contributed by atoms with Crippen molar-refractivity contribution in [3.63, 3.8) is 0 Å². The Hall–Kier alpha value is -0.940. The second-order valence-corrected chi connectivity index (χ2v) is 1.53. The van der Waals surface area contributed by atoms with E-state index in [2.05, 4.69) is 14.7 Å². The standard InChI is InChI=1S/C4H7N3O2/c5-1-3(8)4-6-2-7-9-4/h2-3,8H,1,5H2/t3-/m0/s1. The van der Waals surface area contributed by atoms with Crippen LogP contribution in [0.2, 0.25) is 0 Å². The molecule has 0 bridgehead atoms. The van der Waals surface area contributed by atoms with E-state index in [9.17, 15) is 0 Å². The number of aromatic nitrogens is 2. The summed E-state index contributed by atoms with van der Waals surface area (Å²) in [5, 5.41) is 12.2. The summed E-state index contributed by atoms with van der Waals surface area (Å²) in [7, 11) is 0. The zero-order valence-corrected chi connectivity index (χ0v) is 4.69. The summed E-state index contributed by atoms with van der Waals surface area (Å²) < 4.78 is 4.50. The quantitative estimate of drug-likeness (QED) is 0.538. The first-order valence-electron chi connectivity index (χ1n) is 2.49. The van der Waals surface area contributed by atoms with Crippen LogP contribution in [0.3, 0.4) is 0 Å². The summed E-state index contributed by atoms with van der Waals surface area (Å²) in [4.78, 5) is 3.58. The van der Waals surface area contributed by atoms with E-state index in [1.54, 1.807) is 0 Å². The van der Waals surface area contributed by atoms with Crippen molar-refractivity contribution >= 4 is 0 Å². The van der Waals surface area contributed by atoms with Crippen molar-refractivity contribution in [3.05, 3.63) is 12.2 Å². The molecule has 0 spiro atoms. The summed E-state index contributed by atoms with van der Waals surface area (Å²) in [6, 6.07) is 0. The molecule has 3 N–H and O–H groups in total. The maximum absolute atomic E-state index is 8.90. The number of hydrogen-bond donors (Lipinski definition) is 2. The van der Waals surface area contributed by atoms with E-state index in [0.29, 0.717) is 0 Å². The second kappa shape index (κ2) is 2.56. The van der Waals surface area contributed by atoms with E-state index in [1.807, 2.05) is 0 Å². The second-order valence-electron chi connectivity index (χ2n) is 1.53. The highest BCUT2D eigenvalue weighted by Gasteiger charge is 2.09. The first-order valence-corrected chi connectivity index (χ1v) is 2.49. The van der Waals surface area contributed by atoms with Crippen LogP contribution in [0.4, 0.5) is 0 Å². The third-order valence-corrected chi connectivity index (χ3v) is 0.887. The fourth-order valence-electron chi connectivity index (χ4n) is 0.429. The Bertz CT molecular complexity index is 162. The normalized spacial score (nSPS) is 13.6. The predicted molar refractivity (Wildman–Crippen MR) is 28.3 cm³/mol. The largest absolute Gasteiger partial charge is 0.382 e. The fraction of sp³-hybridized carbons (Fsp3) is 0.500. The number of nitrogens with zero attached hydrogens (tertiary/aromatic N) is 2. The van der Waals surface area contributed by atoms with Crippen LogP contribution < -0.4 is 5.73 Å². The summed E-state index contributed by atoms with van der Waals surface area (Å²) in [5.74, 6) is 0.164. The lowest BCUT2D eigenvalue weighted by Crippen LogP contribution is -2.11. The summed E-state index contributed by atoms with van der Waals surface area (Å²) >= 11 is 0. The van der Waals surface area contributed by atoms with Gasteiger partial charge in [-0.05, 0) is 0 Å². The number of hydrogen-bond acceptors (Lipinski definition) is 5. The van der Waals surface area contributed by atoms with E-state index in [0.717, 1.165) is 0 Å². The Morgan fingerprint density at radius 1 is 1.89 bits per heavy atom. The zero-order valence-electron chi connectivity index (χ0n) is 4.69. The monoisotopic (exact) mass is 129 g/mol. The molecule has 0 aliphatic carbocycles. The van der Waals surface area contributed by atoms with Crippen LogP contribution >= 0.6 is 0 Å². The van der Waals surface area contributed by atoms with Crippen molar-refractivity contribution in [1.82, 2.24) is 10.1 Å². The molecule has 50 valence electrons. The van der Waals surface area contributed by atoms with E-state index in [-0.39, 0.29) is 12.4 Å². The van der Waals surface area contributed by atoms with Crippen LogP contribution in [0.1, 0.15) is 12.0 Å². The van der Waals surface area contributed by atoms with E-state index >= 15 is 0 Å². The molecular weight excluding hydrogens is 122 g/mol. The number of aliphatic hydroxyl groups excluding tert-OH is 1. The van der Waals surface area contributed by atoms with Gasteiger partial charge >= 0.3 is 0 Å². The molecule has 5 heteroatoms. The smallest absolute Gasteiger partial charge is 0.256 e. The Labute approximate surface area is 51.5 Å². The molecule has 1 rings (SSSR count). The Balaban J connectivity index is 2.65. The zero-order chi connectivity index (χ0) is 6.69. The molecule has 5 nitrogen and oxygen atoms in total. The van der Waals surface area contributed by atoms with Gasteiger partial charge in [-0.25, -0.2) is 0 Å². The topological polar surface area (TPSA) is 85.2 Å². The third-order valence-electron chi connectivity index (χ3n) is 0.887. The van der Waals surface area contributed by atoms with Crippen molar-refractivity contribution in [2.24, 2.45) is 5.73 Å². The average Bonchev–Trinajstić information content (AvgIpc) is 2.37. The van der Waals surface area contributed by atoms with Crippen LogP contribution in [0, 0.1) is 0 Å². The number of aliphatic hydroxyl groups is 1. The first-order chi connectivity index (χ1) is 4.34. The van der Waals surface area contributed by atoms with Crippen molar-refractivity contribution < 1.29 is 9.63 Å². The van der Waals surface area contributed by atoms with Gasteiger partial charge in [0.05, 0.1) is 0 Å². The van der Waals surface area contributed by atoms with Crippen molar-refractivity contribution in [2.45, 2.75) is 6.10 Å². The van der Waals surface area contributed by atoms with Crippen molar-refractivity contribution in [1.29, 1.82) is 0 Å². The Morgan fingerprint density at radius 2 is 2.67 bits per heavy atom. The highest BCUT2D eigenvalue weighted by Crippen LogP contribution is 2.03. The van der Waals surface area contributed by atoms with Crippen LogP contribution in [-0.4, -0.2) is 21.8 Å². The molecule has 0 saturated carbocycles. The van der Waals surface area contributed by atoms with Gasteiger partial charge in [0.1, 0.15) is 6.10 Å². The molecule has 0 amide bonds. The molecule has 0 aliphatic rings. The molecule has 1 atom stereocenters. The minimum absolute atomic E-state index is 0.0994. The van der Waals surface area contributed by atoms with Gasteiger partial charge < -0.3 is 15.4 Å². The molecule has 0 fully saturated rings. The van der Waals surface area contributed by atoms with Crippen LogP contribution in [-0.2, 0) is 0 Å². The van der Waals surface area contributed by atoms with Crippen molar-refractivity contribution in [2.75, 3.05) is 6.54 Å². The SMILES string of the molecule is NC[C@H](O)c1ncno1. The Morgan fingerprint density at radius 3 is 3.11 bits per heavy atom. The minimum Gasteiger partial charge on any atom is -0.382 e. The van der Waals surface area contributed by atoms with Crippen LogP contribution in [0.15, 0.2) is 10.9 Å². The number of rotatable bonds is 2. The average molecular weight is 129 g/mol. The maximum Gasteiger partial charge on any atom is 0.256 e. The highest BCUT2D eigenvalue weighted by molar-refractivity contribution is 4.80. The van der Waals surface area contributed by atoms with Gasteiger partial charge in [-0.2, -0.15) is 4.98 Å². The molecule has 0 radical (unpaired) electrons. The lowest BCUT2D eigenvalue weighted by atomic mass is 10.4. The summed E-state index contributed by atoms with van der Waals surface area (Å²) in [5.41, 5.74) is 5.09. The first kappa shape index (κ1) is 6.18. The number of nitrogens with two attached hydrogens (primary N) is 1. The van der Waals surface area contributed by atoms with E-state index in [1.165, 1.54) is 6.33 Å². The van der Waals surface area contributed by atoms with Gasteiger partial charge in [0.15, 0.2) is 6.33 Å². The molecule has 0 aliphatic heterocycles. The molecule has 1 aromatic heterocycles. The third kappa shape index (κ3) is 1.24. The lowest BCUT2D eigenvalue weighted by molar-refractivity contribution is 0.141. The summed E-state index contributed by atoms with van der Waals surface area (Å²) in [6.07, 6.45) is 0.390. The fourth-order valence-corrected chi connectivity index (χ4v) is 0.429. The van der Waals surface area contributed by atoms with E-state index in [4.69, 9.17) is 10.8 Å². The summed E-state index contributed by atoms with van der Waals surface area (Å²) in [6.45, 7) is 0.0994. The lowest BCUT2D eigenvalue weighted by Gasteiger charge is -1.97. The molecule has 0 saturated heterocycles. The van der Waals surface area contributed by atoms with Crippen molar-refractivity contribution in [3.8, 4) is 0 Å². The van der Waals surface area contributed by atoms with Gasteiger partial charge in [0, 0.05) is 6.54 Å². The van der Waals surface area contributed by atoms with Crippen LogP contribution in [0.25, 0.3) is 0 Å². The molecule has 0 aromatic carbocycles. The van der Waals surface area contributed by atoms with Gasteiger partial charge in [-0.1, -0.05) is 5.16 Å². The maximum atomic E-state index is 8.90. The molecular formula is C4H7N3O2. The van der Waals surface area contributed by atoms with E-state index < -0.39 is 6.10 Å². The molecule has 0 unspecified atom stereocenters. The molecule has 9 heavy (non-hydrogen) atoms. The van der Waals surface area contributed by atoms with Crippen LogP contribution in [0.5, 0.6) is 0 Å². The van der Waals surface area contributed by atoms with Gasteiger partial charge in [0.2, 0.25) is 0 Å². The van der Waals surface area contributed by atoms with Gasteiger partial charge in [0.25, 0.3) is 5.89 Å². The highest BCUT2D eigenvalue weighted by atomic mass is 16.5. The van der Waals surface area contributed by atoms with Gasteiger partial charge in [-0.3, -0.25) is 0 Å². The van der Waals surface area contributed by atoms with Gasteiger partial charge in [-0.15, -0.1) is 0 Å².